The Bertz CT molecular complexity index is 514. The average Bonchev–Trinajstić information content (AvgIpc) is 2.60. The van der Waals surface area contributed by atoms with Gasteiger partial charge >= 0.3 is 0 Å². The van der Waals surface area contributed by atoms with Crippen LogP contribution in [0.2, 0.25) is 0 Å². The topological polar surface area (TPSA) is 74.0 Å². The van der Waals surface area contributed by atoms with E-state index in [4.69, 9.17) is 19.9 Å². The molecule has 0 spiro atoms. The molecule has 1 aliphatic rings. The van der Waals surface area contributed by atoms with E-state index in [1.54, 1.807) is 21.3 Å². The van der Waals surface area contributed by atoms with Gasteiger partial charge in [0.25, 0.3) is 0 Å². The van der Waals surface area contributed by atoms with E-state index in [2.05, 4.69) is 0 Å². The Morgan fingerprint density at radius 3 is 2.13 bits per heavy atom. The zero-order chi connectivity index (χ0) is 16.8. The second-order valence-corrected chi connectivity index (χ2v) is 5.77. The third-order valence-electron chi connectivity index (χ3n) is 4.38. The van der Waals surface area contributed by atoms with Gasteiger partial charge in [-0.25, -0.2) is 0 Å². The number of hydrogen-bond acceptors (Lipinski definition) is 5. The van der Waals surface area contributed by atoms with Gasteiger partial charge in [-0.1, -0.05) is 0 Å². The molecule has 2 N–H and O–H groups in total. The molecule has 0 radical (unpaired) electrons. The SMILES string of the molecule is COc1cc(CC(=O)N2CCC(CN)CC2)cc(OC)c1OC. The van der Waals surface area contributed by atoms with E-state index in [1.165, 1.54) is 0 Å². The number of amides is 1. The Kier molecular flexibility index (Phi) is 6.10. The Morgan fingerprint density at radius 2 is 1.70 bits per heavy atom. The number of piperidine rings is 1. The lowest BCUT2D eigenvalue weighted by molar-refractivity contribution is -0.131. The summed E-state index contributed by atoms with van der Waals surface area (Å²) in [7, 11) is 4.70. The van der Waals surface area contributed by atoms with E-state index < -0.39 is 0 Å². The lowest BCUT2D eigenvalue weighted by Crippen LogP contribution is -2.40. The van der Waals surface area contributed by atoms with Gasteiger partial charge in [-0.05, 0) is 43.0 Å². The molecule has 1 aromatic rings. The van der Waals surface area contributed by atoms with Crippen LogP contribution in [0, 0.1) is 5.92 Å². The summed E-state index contributed by atoms with van der Waals surface area (Å²) >= 11 is 0. The molecule has 2 rings (SSSR count). The molecule has 0 aromatic heterocycles. The van der Waals surface area contributed by atoms with Gasteiger partial charge in [0.2, 0.25) is 11.7 Å². The molecule has 0 bridgehead atoms. The zero-order valence-electron chi connectivity index (χ0n) is 14.1. The molecule has 0 unspecified atom stereocenters. The Hall–Kier alpha value is -1.95. The number of methoxy groups -OCH3 is 3. The van der Waals surface area contributed by atoms with Crippen molar-refractivity contribution in [1.29, 1.82) is 0 Å². The van der Waals surface area contributed by atoms with E-state index in [0.717, 1.165) is 31.5 Å². The van der Waals surface area contributed by atoms with Crippen LogP contribution >= 0.6 is 0 Å². The fourth-order valence-electron chi connectivity index (χ4n) is 2.94. The molecule has 0 saturated carbocycles. The fraction of sp³-hybridized carbons (Fsp3) is 0.588. The first-order chi connectivity index (χ1) is 11.1. The van der Waals surface area contributed by atoms with Gasteiger partial charge in [0.05, 0.1) is 27.8 Å². The second-order valence-electron chi connectivity index (χ2n) is 5.77. The van der Waals surface area contributed by atoms with Crippen LogP contribution in [0.25, 0.3) is 0 Å². The minimum absolute atomic E-state index is 0.120. The Morgan fingerprint density at radius 1 is 1.13 bits per heavy atom. The highest BCUT2D eigenvalue weighted by Crippen LogP contribution is 2.38. The van der Waals surface area contributed by atoms with Crippen molar-refractivity contribution in [2.24, 2.45) is 11.7 Å². The number of carbonyl (C=O) groups excluding carboxylic acids is 1. The van der Waals surface area contributed by atoms with Crippen LogP contribution in [0.15, 0.2) is 12.1 Å². The molecule has 23 heavy (non-hydrogen) atoms. The lowest BCUT2D eigenvalue weighted by atomic mass is 9.96. The predicted octanol–water partition coefficient (Wildman–Crippen LogP) is 1.45. The minimum atomic E-state index is 0.120. The summed E-state index contributed by atoms with van der Waals surface area (Å²) in [6, 6.07) is 3.65. The van der Waals surface area contributed by atoms with Crippen LogP contribution in [0.3, 0.4) is 0 Å². The maximum atomic E-state index is 12.5. The van der Waals surface area contributed by atoms with Crippen LogP contribution in [0.5, 0.6) is 17.2 Å². The van der Waals surface area contributed by atoms with Crippen molar-refractivity contribution in [3.8, 4) is 17.2 Å². The van der Waals surface area contributed by atoms with E-state index in [0.29, 0.717) is 36.1 Å². The first-order valence-corrected chi connectivity index (χ1v) is 7.89. The molecule has 6 heteroatoms. The molecule has 1 heterocycles. The first-order valence-electron chi connectivity index (χ1n) is 7.89. The summed E-state index contributed by atoms with van der Waals surface area (Å²) in [6.07, 6.45) is 2.29. The van der Waals surface area contributed by atoms with Crippen molar-refractivity contribution in [1.82, 2.24) is 4.90 Å². The highest BCUT2D eigenvalue weighted by Gasteiger charge is 2.23. The predicted molar refractivity (Wildman–Crippen MR) is 88.2 cm³/mol. The second kappa shape index (κ2) is 8.06. The van der Waals surface area contributed by atoms with Gasteiger partial charge in [0.1, 0.15) is 0 Å². The molecule has 1 fully saturated rings. The molecule has 0 atom stereocenters. The maximum Gasteiger partial charge on any atom is 0.226 e. The van der Waals surface area contributed by atoms with E-state index >= 15 is 0 Å². The van der Waals surface area contributed by atoms with Crippen molar-refractivity contribution < 1.29 is 19.0 Å². The summed E-state index contributed by atoms with van der Waals surface area (Å²) in [4.78, 5) is 14.4. The third kappa shape index (κ3) is 4.07. The summed E-state index contributed by atoms with van der Waals surface area (Å²) in [6.45, 7) is 2.27. The van der Waals surface area contributed by atoms with Crippen molar-refractivity contribution in [3.05, 3.63) is 17.7 Å². The lowest BCUT2D eigenvalue weighted by Gasteiger charge is -2.31. The molecule has 6 nitrogen and oxygen atoms in total. The van der Waals surface area contributed by atoms with Crippen LogP contribution in [-0.2, 0) is 11.2 Å². The van der Waals surface area contributed by atoms with Gasteiger partial charge in [0, 0.05) is 13.1 Å². The smallest absolute Gasteiger partial charge is 0.226 e. The van der Waals surface area contributed by atoms with Crippen molar-refractivity contribution in [3.63, 3.8) is 0 Å². The van der Waals surface area contributed by atoms with Gasteiger partial charge in [-0.2, -0.15) is 0 Å². The minimum Gasteiger partial charge on any atom is -0.493 e. The normalized spacial score (nSPS) is 15.4. The number of nitrogens with zero attached hydrogens (tertiary/aromatic N) is 1. The molecular weight excluding hydrogens is 296 g/mol. The highest BCUT2D eigenvalue weighted by molar-refractivity contribution is 5.79. The van der Waals surface area contributed by atoms with Crippen molar-refractivity contribution in [2.45, 2.75) is 19.3 Å². The van der Waals surface area contributed by atoms with Gasteiger partial charge < -0.3 is 24.8 Å². The number of likely N-dealkylation sites (tertiary alicyclic amines) is 1. The van der Waals surface area contributed by atoms with E-state index in [1.807, 2.05) is 17.0 Å². The molecular formula is C17H26N2O4. The summed E-state index contributed by atoms with van der Waals surface area (Å²) < 4.78 is 16.0. The largest absolute Gasteiger partial charge is 0.493 e. The van der Waals surface area contributed by atoms with Crippen LogP contribution in [0.4, 0.5) is 0 Å². The van der Waals surface area contributed by atoms with Crippen molar-refractivity contribution in [2.75, 3.05) is 41.0 Å². The molecule has 0 aliphatic carbocycles. The standard InChI is InChI=1S/C17H26N2O4/c1-21-14-8-13(9-15(22-2)17(14)23-3)10-16(20)19-6-4-12(11-18)5-7-19/h8-9,12H,4-7,10-11,18H2,1-3H3. The number of benzene rings is 1. The molecule has 1 saturated heterocycles. The zero-order valence-corrected chi connectivity index (χ0v) is 14.1. The fourth-order valence-corrected chi connectivity index (χ4v) is 2.94. The van der Waals surface area contributed by atoms with Crippen LogP contribution < -0.4 is 19.9 Å². The summed E-state index contributed by atoms with van der Waals surface area (Å²) in [5.41, 5.74) is 6.55. The summed E-state index contributed by atoms with van der Waals surface area (Å²) in [5, 5.41) is 0. The van der Waals surface area contributed by atoms with Gasteiger partial charge in [-0.15, -0.1) is 0 Å². The number of rotatable bonds is 6. The van der Waals surface area contributed by atoms with Crippen LogP contribution in [-0.4, -0.2) is 51.8 Å². The Labute approximate surface area is 137 Å². The molecule has 1 aliphatic heterocycles. The Balaban J connectivity index is 2.09. The van der Waals surface area contributed by atoms with Gasteiger partial charge in [0.15, 0.2) is 11.5 Å². The molecule has 1 aromatic carbocycles. The maximum absolute atomic E-state index is 12.5. The average molecular weight is 322 g/mol. The van der Waals surface area contributed by atoms with Gasteiger partial charge in [-0.3, -0.25) is 4.79 Å². The van der Waals surface area contributed by atoms with E-state index in [-0.39, 0.29) is 5.91 Å². The number of carbonyl (C=O) groups is 1. The molecule has 1 amide bonds. The highest BCUT2D eigenvalue weighted by atomic mass is 16.5. The number of nitrogens with two attached hydrogens (primary N) is 1. The van der Waals surface area contributed by atoms with Crippen molar-refractivity contribution >= 4 is 5.91 Å². The molecule has 128 valence electrons. The summed E-state index contributed by atoms with van der Waals surface area (Å²) in [5.74, 6) is 2.33. The monoisotopic (exact) mass is 322 g/mol. The quantitative estimate of drug-likeness (QED) is 0.858. The first kappa shape index (κ1) is 17.4. The van der Waals surface area contributed by atoms with E-state index in [9.17, 15) is 4.79 Å². The third-order valence-corrected chi connectivity index (χ3v) is 4.38. The number of hydrogen-bond donors (Lipinski definition) is 1. The van der Waals surface area contributed by atoms with Crippen LogP contribution in [0.1, 0.15) is 18.4 Å². The number of ether oxygens (including phenoxy) is 3.